The van der Waals surface area contributed by atoms with E-state index < -0.39 is 17.7 Å². The highest BCUT2D eigenvalue weighted by atomic mass is 16.6. The van der Waals surface area contributed by atoms with Crippen LogP contribution < -0.4 is 0 Å². The van der Waals surface area contributed by atoms with Crippen LogP contribution in [0.2, 0.25) is 0 Å². The van der Waals surface area contributed by atoms with Gasteiger partial charge in [-0.15, -0.1) is 0 Å². The largest absolute Gasteiger partial charge is 0.456 e. The lowest BCUT2D eigenvalue weighted by Gasteiger charge is -2.47. The zero-order chi connectivity index (χ0) is 13.3. The molecule has 1 fully saturated rings. The monoisotopic (exact) mass is 240 g/mol. The van der Waals surface area contributed by atoms with Crippen LogP contribution in [0.25, 0.3) is 0 Å². The molecular weight excluding hydrogens is 216 g/mol. The van der Waals surface area contributed by atoms with Crippen LogP contribution in [0.5, 0.6) is 0 Å². The summed E-state index contributed by atoms with van der Waals surface area (Å²) >= 11 is 0. The molecule has 1 rings (SSSR count). The normalized spacial score (nSPS) is 29.8. The Morgan fingerprint density at radius 3 is 2.47 bits per heavy atom. The van der Waals surface area contributed by atoms with E-state index >= 15 is 0 Å². The molecule has 3 nitrogen and oxygen atoms in total. The third-order valence-corrected chi connectivity index (χ3v) is 3.70. The molecule has 1 aliphatic rings. The second-order valence-corrected chi connectivity index (χ2v) is 6.09. The standard InChI is InChI=1S/C14H24O3/c1-10(2)12(15)17-11-8-6-7-9-14(11,16)13(3,4)5/h11,16H,1,6-9H2,2-5H3. The minimum absolute atomic E-state index is 0.298. The van der Waals surface area contributed by atoms with Crippen molar-refractivity contribution >= 4 is 5.97 Å². The van der Waals surface area contributed by atoms with Gasteiger partial charge in [0.15, 0.2) is 0 Å². The Hall–Kier alpha value is -0.830. The van der Waals surface area contributed by atoms with E-state index in [-0.39, 0.29) is 5.41 Å². The van der Waals surface area contributed by atoms with Crippen molar-refractivity contribution in [3.8, 4) is 0 Å². The van der Waals surface area contributed by atoms with Crippen LogP contribution in [0, 0.1) is 5.41 Å². The first-order valence-corrected chi connectivity index (χ1v) is 6.27. The fraction of sp³-hybridized carbons (Fsp3) is 0.786. The topological polar surface area (TPSA) is 46.5 Å². The maximum Gasteiger partial charge on any atom is 0.333 e. The molecule has 0 aromatic carbocycles. The van der Waals surface area contributed by atoms with Crippen LogP contribution >= 0.6 is 0 Å². The number of hydrogen-bond donors (Lipinski definition) is 1. The van der Waals surface area contributed by atoms with Crippen molar-refractivity contribution in [3.05, 3.63) is 12.2 Å². The van der Waals surface area contributed by atoms with Gasteiger partial charge in [-0.2, -0.15) is 0 Å². The summed E-state index contributed by atoms with van der Waals surface area (Å²) in [5.74, 6) is -0.403. The van der Waals surface area contributed by atoms with E-state index in [2.05, 4.69) is 6.58 Å². The minimum Gasteiger partial charge on any atom is -0.456 e. The lowest BCUT2D eigenvalue weighted by Crippen LogP contribution is -2.55. The highest BCUT2D eigenvalue weighted by molar-refractivity contribution is 5.87. The summed E-state index contributed by atoms with van der Waals surface area (Å²) in [4.78, 5) is 11.6. The molecule has 0 radical (unpaired) electrons. The molecular formula is C14H24O3. The number of rotatable bonds is 2. The van der Waals surface area contributed by atoms with Gasteiger partial charge in [0.25, 0.3) is 0 Å². The average molecular weight is 240 g/mol. The van der Waals surface area contributed by atoms with E-state index in [9.17, 15) is 9.90 Å². The molecule has 0 spiro atoms. The number of carbonyl (C=O) groups is 1. The molecule has 3 heteroatoms. The van der Waals surface area contributed by atoms with Crippen molar-refractivity contribution in [1.82, 2.24) is 0 Å². The summed E-state index contributed by atoms with van der Waals surface area (Å²) in [6, 6.07) is 0. The molecule has 0 aromatic heterocycles. The van der Waals surface area contributed by atoms with E-state index in [1.165, 1.54) is 0 Å². The summed E-state index contributed by atoms with van der Waals surface area (Å²) in [5, 5.41) is 10.8. The number of esters is 1. The summed E-state index contributed by atoms with van der Waals surface area (Å²) in [7, 11) is 0. The van der Waals surface area contributed by atoms with Gasteiger partial charge in [-0.3, -0.25) is 0 Å². The van der Waals surface area contributed by atoms with Gasteiger partial charge in [0, 0.05) is 5.57 Å². The maximum atomic E-state index is 11.6. The first kappa shape index (κ1) is 14.2. The van der Waals surface area contributed by atoms with Crippen LogP contribution in [0.4, 0.5) is 0 Å². The van der Waals surface area contributed by atoms with Gasteiger partial charge in [-0.05, 0) is 31.6 Å². The highest BCUT2D eigenvalue weighted by Crippen LogP contribution is 2.43. The van der Waals surface area contributed by atoms with Gasteiger partial charge in [-0.1, -0.05) is 33.8 Å². The number of ether oxygens (including phenoxy) is 1. The zero-order valence-corrected chi connectivity index (χ0v) is 11.4. The number of hydrogen-bond acceptors (Lipinski definition) is 3. The number of carbonyl (C=O) groups excluding carboxylic acids is 1. The molecule has 2 unspecified atom stereocenters. The van der Waals surface area contributed by atoms with Gasteiger partial charge in [0.05, 0.1) is 0 Å². The average Bonchev–Trinajstić information content (AvgIpc) is 2.19. The van der Waals surface area contributed by atoms with Crippen molar-refractivity contribution in [2.75, 3.05) is 0 Å². The molecule has 0 heterocycles. The Morgan fingerprint density at radius 1 is 1.41 bits per heavy atom. The molecule has 98 valence electrons. The molecule has 0 saturated heterocycles. The fourth-order valence-corrected chi connectivity index (χ4v) is 2.37. The summed E-state index contributed by atoms with van der Waals surface area (Å²) < 4.78 is 5.41. The fourth-order valence-electron chi connectivity index (χ4n) is 2.37. The van der Waals surface area contributed by atoms with Gasteiger partial charge in [0.1, 0.15) is 11.7 Å². The highest BCUT2D eigenvalue weighted by Gasteiger charge is 2.49. The quantitative estimate of drug-likeness (QED) is 0.596. The Balaban J connectivity index is 2.87. The Bertz CT molecular complexity index is 314. The van der Waals surface area contributed by atoms with Crippen molar-refractivity contribution in [1.29, 1.82) is 0 Å². The van der Waals surface area contributed by atoms with Gasteiger partial charge < -0.3 is 9.84 Å². The predicted octanol–water partition coefficient (Wildman–Crippen LogP) is 2.83. The summed E-state index contributed by atoms with van der Waals surface area (Å²) in [6.45, 7) is 11.2. The van der Waals surface area contributed by atoms with Crippen LogP contribution in [-0.2, 0) is 9.53 Å². The van der Waals surface area contributed by atoms with E-state index in [1.54, 1.807) is 6.92 Å². The van der Waals surface area contributed by atoms with Crippen LogP contribution in [0.1, 0.15) is 53.4 Å². The second kappa shape index (κ2) is 4.81. The molecule has 0 aromatic rings. The van der Waals surface area contributed by atoms with Crippen molar-refractivity contribution in [2.24, 2.45) is 5.41 Å². The minimum atomic E-state index is -0.934. The summed E-state index contributed by atoms with van der Waals surface area (Å²) in [6.07, 6.45) is 2.97. The smallest absolute Gasteiger partial charge is 0.333 e. The molecule has 0 bridgehead atoms. The van der Waals surface area contributed by atoms with Gasteiger partial charge in [-0.25, -0.2) is 4.79 Å². The first-order chi connectivity index (χ1) is 7.68. The summed E-state index contributed by atoms with van der Waals surface area (Å²) in [5.41, 5.74) is -0.851. The van der Waals surface area contributed by atoms with Crippen molar-refractivity contribution in [3.63, 3.8) is 0 Å². The van der Waals surface area contributed by atoms with Crippen LogP contribution in [0.15, 0.2) is 12.2 Å². The molecule has 1 N–H and O–H groups in total. The van der Waals surface area contributed by atoms with Crippen LogP contribution in [0.3, 0.4) is 0 Å². The molecule has 0 aliphatic heterocycles. The predicted molar refractivity (Wildman–Crippen MR) is 67.6 cm³/mol. The third-order valence-electron chi connectivity index (χ3n) is 3.70. The van der Waals surface area contributed by atoms with Gasteiger partial charge >= 0.3 is 5.97 Å². The van der Waals surface area contributed by atoms with Crippen LogP contribution in [-0.4, -0.2) is 22.8 Å². The SMILES string of the molecule is C=C(C)C(=O)OC1CCCCC1(O)C(C)(C)C. The van der Waals surface area contributed by atoms with E-state index in [0.29, 0.717) is 12.0 Å². The Labute approximate surface area is 104 Å². The van der Waals surface area contributed by atoms with E-state index in [4.69, 9.17) is 4.74 Å². The number of aliphatic hydroxyl groups is 1. The van der Waals surface area contributed by atoms with Crippen molar-refractivity contribution < 1.29 is 14.6 Å². The third kappa shape index (κ3) is 2.89. The van der Waals surface area contributed by atoms with E-state index in [1.807, 2.05) is 20.8 Å². The molecule has 17 heavy (non-hydrogen) atoms. The van der Waals surface area contributed by atoms with Crippen molar-refractivity contribution in [2.45, 2.75) is 65.1 Å². The zero-order valence-electron chi connectivity index (χ0n) is 11.4. The molecule has 1 saturated carbocycles. The Kier molecular flexibility index (Phi) is 4.03. The molecule has 1 aliphatic carbocycles. The lowest BCUT2D eigenvalue weighted by molar-refractivity contribution is -0.190. The molecule has 0 amide bonds. The van der Waals surface area contributed by atoms with Gasteiger partial charge in [0.2, 0.25) is 0 Å². The lowest BCUT2D eigenvalue weighted by atomic mass is 9.66. The first-order valence-electron chi connectivity index (χ1n) is 6.27. The second-order valence-electron chi connectivity index (χ2n) is 6.09. The van der Waals surface area contributed by atoms with E-state index in [0.717, 1.165) is 19.3 Å². The molecule has 2 atom stereocenters. The maximum absolute atomic E-state index is 11.6. The Morgan fingerprint density at radius 2 is 2.00 bits per heavy atom.